The minimum atomic E-state index is -0.533. The second kappa shape index (κ2) is 4.62. The maximum Gasteiger partial charge on any atom is 0.283 e. The largest absolute Gasteiger partial charge is 0.617 e. The Hall–Kier alpha value is -1.77. The molecule has 17 heavy (non-hydrogen) atoms. The van der Waals surface area contributed by atoms with E-state index >= 15 is 0 Å². The number of rotatable bonds is 2. The van der Waals surface area contributed by atoms with Crippen molar-refractivity contribution in [3.63, 3.8) is 0 Å². The van der Waals surface area contributed by atoms with Crippen LogP contribution in [0.15, 0.2) is 36.5 Å². The smallest absolute Gasteiger partial charge is 0.283 e. The van der Waals surface area contributed by atoms with Gasteiger partial charge in [0, 0.05) is 28.8 Å². The van der Waals surface area contributed by atoms with Gasteiger partial charge in [0.2, 0.25) is 5.69 Å². The van der Waals surface area contributed by atoms with Crippen molar-refractivity contribution in [2.75, 3.05) is 0 Å². The third-order valence-corrected chi connectivity index (χ3v) is 2.85. The predicted octanol–water partition coefficient (Wildman–Crippen LogP) is 1.89. The fraction of sp³-hybridized carbons (Fsp3) is 0. The summed E-state index contributed by atoms with van der Waals surface area (Å²) >= 11 is 1.75. The average molecular weight is 343 g/mol. The van der Waals surface area contributed by atoms with Gasteiger partial charge in [0.15, 0.2) is 0 Å². The minimum Gasteiger partial charge on any atom is -0.617 e. The molecular weight excluding hydrogens is 337 g/mol. The zero-order valence-electron chi connectivity index (χ0n) is 8.41. The van der Waals surface area contributed by atoms with Crippen LogP contribution in [0.1, 0.15) is 0 Å². The van der Waals surface area contributed by atoms with E-state index in [1.807, 2.05) is 0 Å². The summed E-state index contributed by atoms with van der Waals surface area (Å²) in [5, 5.41) is 22.5. The number of nitrogens with zero attached hydrogens (tertiary/aromatic N) is 3. The molecule has 0 bridgehead atoms. The quantitative estimate of drug-likeness (QED) is 0.208. The Balaban J connectivity index is 2.65. The van der Waals surface area contributed by atoms with Crippen LogP contribution in [0, 0.1) is 19.0 Å². The van der Waals surface area contributed by atoms with Gasteiger partial charge in [0.1, 0.15) is 5.69 Å². The van der Waals surface area contributed by atoms with E-state index in [0.717, 1.165) is 0 Å². The van der Waals surface area contributed by atoms with Crippen molar-refractivity contribution in [1.29, 1.82) is 0 Å². The van der Waals surface area contributed by atoms with Crippen molar-refractivity contribution in [1.82, 2.24) is 4.98 Å². The van der Waals surface area contributed by atoms with Gasteiger partial charge in [-0.3, -0.25) is 10.1 Å². The molecule has 0 N–H and O–H groups in total. The molecular formula is C10H6IN3O3. The maximum atomic E-state index is 11.8. The lowest BCUT2D eigenvalue weighted by molar-refractivity contribution is -0.608. The van der Waals surface area contributed by atoms with E-state index < -0.39 is 4.92 Å². The minimum absolute atomic E-state index is 0.123. The van der Waals surface area contributed by atoms with Crippen molar-refractivity contribution in [2.45, 2.75) is 0 Å². The van der Waals surface area contributed by atoms with Gasteiger partial charge in [0.05, 0.1) is 17.1 Å². The van der Waals surface area contributed by atoms with Gasteiger partial charge < -0.3 is 5.21 Å². The molecule has 0 radical (unpaired) electrons. The molecule has 0 aromatic carbocycles. The molecule has 0 aliphatic carbocycles. The van der Waals surface area contributed by atoms with Crippen molar-refractivity contribution in [3.8, 4) is 11.4 Å². The highest BCUT2D eigenvalue weighted by atomic mass is 127. The van der Waals surface area contributed by atoms with Crippen molar-refractivity contribution in [2.24, 2.45) is 0 Å². The summed E-state index contributed by atoms with van der Waals surface area (Å²) in [4.78, 5) is 14.2. The fourth-order valence-electron chi connectivity index (χ4n) is 1.33. The molecule has 0 saturated heterocycles. The van der Waals surface area contributed by atoms with Gasteiger partial charge in [0.25, 0.3) is 9.39 Å². The van der Waals surface area contributed by atoms with Gasteiger partial charge in [-0.2, -0.15) is 4.73 Å². The zero-order valence-corrected chi connectivity index (χ0v) is 10.6. The van der Waals surface area contributed by atoms with E-state index in [1.165, 1.54) is 18.3 Å². The molecule has 0 aliphatic heterocycles. The normalized spacial score (nSPS) is 10.2. The van der Waals surface area contributed by atoms with Crippen molar-refractivity contribution < 1.29 is 9.65 Å². The summed E-state index contributed by atoms with van der Waals surface area (Å²) in [5.41, 5.74) is 0.454. The highest BCUT2D eigenvalue weighted by Crippen LogP contribution is 2.20. The van der Waals surface area contributed by atoms with Crippen LogP contribution in [0.5, 0.6) is 0 Å². The molecule has 0 unspecified atom stereocenters. The summed E-state index contributed by atoms with van der Waals surface area (Å²) < 4.78 is 0.855. The standard InChI is InChI=1S/C10H6IN3O3/c11-10-6-7(14(16)17)5-9(13(10)15)8-3-1-2-4-12-8/h1-6H. The van der Waals surface area contributed by atoms with Crippen LogP contribution in [0.2, 0.25) is 0 Å². The maximum absolute atomic E-state index is 11.8. The number of hydrogen-bond acceptors (Lipinski definition) is 4. The first-order valence-corrected chi connectivity index (χ1v) is 5.66. The molecule has 2 rings (SSSR count). The SMILES string of the molecule is O=[N+]([O-])c1cc(I)[n+]([O-])c(-c2ccccn2)c1. The molecule has 2 heterocycles. The van der Waals surface area contributed by atoms with Gasteiger partial charge in [-0.15, -0.1) is 0 Å². The first kappa shape index (κ1) is 11.7. The summed E-state index contributed by atoms with van der Waals surface area (Å²) in [6.45, 7) is 0. The number of pyridine rings is 2. The average Bonchev–Trinajstić information content (AvgIpc) is 2.33. The molecule has 0 amide bonds. The van der Waals surface area contributed by atoms with E-state index in [0.29, 0.717) is 10.4 Å². The molecule has 0 fully saturated rings. The Bertz CT molecular complexity index is 575. The van der Waals surface area contributed by atoms with Gasteiger partial charge in [-0.05, 0) is 12.1 Å². The molecule has 86 valence electrons. The first-order valence-electron chi connectivity index (χ1n) is 4.58. The lowest BCUT2D eigenvalue weighted by Crippen LogP contribution is -2.33. The van der Waals surface area contributed by atoms with E-state index in [1.54, 1.807) is 40.8 Å². The Kier molecular flexibility index (Phi) is 3.18. The van der Waals surface area contributed by atoms with E-state index in [4.69, 9.17) is 0 Å². The van der Waals surface area contributed by atoms with E-state index in [2.05, 4.69) is 4.98 Å². The molecule has 2 aromatic rings. The summed E-state index contributed by atoms with van der Waals surface area (Å²) in [5.74, 6) is 0. The number of aromatic nitrogens is 2. The Morgan fingerprint density at radius 3 is 2.71 bits per heavy atom. The van der Waals surface area contributed by atoms with Crippen molar-refractivity contribution in [3.05, 3.63) is 55.6 Å². The van der Waals surface area contributed by atoms with Gasteiger partial charge in [-0.25, -0.2) is 4.98 Å². The molecule has 7 heteroatoms. The first-order chi connectivity index (χ1) is 8.09. The van der Waals surface area contributed by atoms with E-state index in [9.17, 15) is 15.3 Å². The number of halogens is 1. The second-order valence-electron chi connectivity index (χ2n) is 3.19. The Labute approximate surface area is 110 Å². The monoisotopic (exact) mass is 343 g/mol. The van der Waals surface area contributed by atoms with Crippen LogP contribution in [-0.2, 0) is 0 Å². The third kappa shape index (κ3) is 2.33. The van der Waals surface area contributed by atoms with Crippen LogP contribution < -0.4 is 4.73 Å². The number of nitro groups is 1. The molecule has 6 nitrogen and oxygen atoms in total. The summed E-state index contributed by atoms with van der Waals surface area (Å²) in [6.07, 6.45) is 1.53. The molecule has 0 saturated carbocycles. The lowest BCUT2D eigenvalue weighted by Gasteiger charge is -2.05. The van der Waals surface area contributed by atoms with Crippen LogP contribution in [0.3, 0.4) is 0 Å². The Morgan fingerprint density at radius 1 is 1.35 bits per heavy atom. The van der Waals surface area contributed by atoms with E-state index in [-0.39, 0.29) is 15.1 Å². The molecule has 0 atom stereocenters. The summed E-state index contributed by atoms with van der Waals surface area (Å²) in [7, 11) is 0. The fourth-order valence-corrected chi connectivity index (χ4v) is 1.91. The molecule has 0 spiro atoms. The lowest BCUT2D eigenvalue weighted by atomic mass is 10.2. The predicted molar refractivity (Wildman–Crippen MR) is 68.0 cm³/mol. The van der Waals surface area contributed by atoms with Gasteiger partial charge >= 0.3 is 0 Å². The van der Waals surface area contributed by atoms with Crippen LogP contribution in [0.4, 0.5) is 5.69 Å². The highest BCUT2D eigenvalue weighted by Gasteiger charge is 2.20. The Morgan fingerprint density at radius 2 is 2.12 bits per heavy atom. The second-order valence-corrected chi connectivity index (χ2v) is 4.29. The van der Waals surface area contributed by atoms with Crippen LogP contribution >= 0.6 is 22.6 Å². The van der Waals surface area contributed by atoms with Crippen LogP contribution in [-0.4, -0.2) is 9.91 Å². The zero-order chi connectivity index (χ0) is 12.4. The third-order valence-electron chi connectivity index (χ3n) is 2.10. The van der Waals surface area contributed by atoms with Gasteiger partial charge in [-0.1, -0.05) is 6.07 Å². The molecule has 0 aliphatic rings. The topological polar surface area (TPSA) is 83.0 Å². The van der Waals surface area contributed by atoms with Crippen LogP contribution in [0.25, 0.3) is 11.4 Å². The van der Waals surface area contributed by atoms with Crippen molar-refractivity contribution >= 4 is 28.3 Å². The molecule has 2 aromatic heterocycles. The summed E-state index contributed by atoms with van der Waals surface area (Å²) in [6, 6.07) is 7.50. The number of hydrogen-bond donors (Lipinski definition) is 0. The highest BCUT2D eigenvalue weighted by molar-refractivity contribution is 14.1.